The molecule has 1 aromatic heterocycles. The molecule has 132 valence electrons. The molecule has 4 rings (SSSR count). The summed E-state index contributed by atoms with van der Waals surface area (Å²) in [6.45, 7) is 3.59. The third-order valence-electron chi connectivity index (χ3n) is 5.11. The number of hydrogen-bond acceptors (Lipinski definition) is 5. The second-order valence-corrected chi connectivity index (χ2v) is 7.04. The van der Waals surface area contributed by atoms with Gasteiger partial charge in [0, 0.05) is 38.0 Å². The molecule has 2 aliphatic heterocycles. The van der Waals surface area contributed by atoms with E-state index < -0.39 is 0 Å². The number of aliphatic hydroxyl groups is 1. The van der Waals surface area contributed by atoms with Crippen molar-refractivity contribution in [1.82, 2.24) is 15.3 Å². The number of fused-ring (bicyclic) bond motifs is 1. The number of benzene rings is 1. The smallest absolute Gasteiger partial charge is 0.135 e. The Labute approximate surface area is 149 Å². The lowest BCUT2D eigenvalue weighted by atomic mass is 10.0. The standard InChI is InChI=1S/C20H26N4O/c25-16-7-4-12-24(14-16)20-17-8-10-21-11-9-18(17)22-19(23-20)13-15-5-2-1-3-6-15/h1-3,5-6,16,21,25H,4,7-14H2. The SMILES string of the molecule is OC1CCCN(c2nc(Cc3ccccc3)nc3c2CCNCC3)C1. The molecule has 1 atom stereocenters. The Morgan fingerprint density at radius 3 is 2.80 bits per heavy atom. The Bertz CT molecular complexity index is 719. The number of piperidine rings is 1. The van der Waals surface area contributed by atoms with Crippen molar-refractivity contribution >= 4 is 5.82 Å². The van der Waals surface area contributed by atoms with Crippen LogP contribution in [-0.2, 0) is 19.3 Å². The Balaban J connectivity index is 1.70. The number of rotatable bonds is 3. The fraction of sp³-hybridized carbons (Fsp3) is 0.500. The normalized spacial score (nSPS) is 20.8. The summed E-state index contributed by atoms with van der Waals surface area (Å²) in [5.74, 6) is 1.94. The average Bonchev–Trinajstić information content (AvgIpc) is 2.87. The zero-order valence-electron chi connectivity index (χ0n) is 14.6. The maximum Gasteiger partial charge on any atom is 0.135 e. The number of anilines is 1. The molecule has 5 nitrogen and oxygen atoms in total. The molecule has 5 heteroatoms. The second-order valence-electron chi connectivity index (χ2n) is 7.04. The monoisotopic (exact) mass is 338 g/mol. The van der Waals surface area contributed by atoms with Crippen LogP contribution >= 0.6 is 0 Å². The summed E-state index contributed by atoms with van der Waals surface area (Å²) in [5, 5.41) is 13.6. The molecule has 0 saturated carbocycles. The molecule has 0 aliphatic carbocycles. The van der Waals surface area contributed by atoms with Crippen LogP contribution in [0.25, 0.3) is 0 Å². The van der Waals surface area contributed by atoms with E-state index in [1.54, 1.807) is 0 Å². The molecule has 0 amide bonds. The van der Waals surface area contributed by atoms with Crippen molar-refractivity contribution in [3.05, 3.63) is 53.0 Å². The third-order valence-corrected chi connectivity index (χ3v) is 5.11. The minimum atomic E-state index is -0.249. The van der Waals surface area contributed by atoms with Gasteiger partial charge in [-0.1, -0.05) is 30.3 Å². The van der Waals surface area contributed by atoms with E-state index in [0.29, 0.717) is 6.54 Å². The summed E-state index contributed by atoms with van der Waals surface area (Å²) in [6, 6.07) is 10.4. The summed E-state index contributed by atoms with van der Waals surface area (Å²) in [4.78, 5) is 12.1. The van der Waals surface area contributed by atoms with Gasteiger partial charge in [-0.05, 0) is 31.4 Å². The van der Waals surface area contributed by atoms with Gasteiger partial charge in [0.15, 0.2) is 0 Å². The summed E-state index contributed by atoms with van der Waals surface area (Å²) in [5.41, 5.74) is 3.69. The lowest BCUT2D eigenvalue weighted by Gasteiger charge is -2.33. The zero-order chi connectivity index (χ0) is 17.1. The van der Waals surface area contributed by atoms with Crippen molar-refractivity contribution in [1.29, 1.82) is 0 Å². The zero-order valence-corrected chi connectivity index (χ0v) is 14.6. The highest BCUT2D eigenvalue weighted by Gasteiger charge is 2.24. The number of aromatic nitrogens is 2. The van der Waals surface area contributed by atoms with Crippen molar-refractivity contribution in [2.75, 3.05) is 31.1 Å². The van der Waals surface area contributed by atoms with E-state index in [1.807, 2.05) is 6.07 Å². The lowest BCUT2D eigenvalue weighted by molar-refractivity contribution is 0.153. The van der Waals surface area contributed by atoms with Gasteiger partial charge < -0.3 is 15.3 Å². The van der Waals surface area contributed by atoms with Crippen molar-refractivity contribution in [3.8, 4) is 0 Å². The van der Waals surface area contributed by atoms with Crippen LogP contribution in [0, 0.1) is 0 Å². The van der Waals surface area contributed by atoms with E-state index in [1.165, 1.54) is 16.8 Å². The number of β-amino-alcohol motifs (C(OH)–C–C–N with tert-alkyl or cyclic N) is 1. The van der Waals surface area contributed by atoms with Gasteiger partial charge in [0.05, 0.1) is 11.8 Å². The molecule has 1 unspecified atom stereocenters. The number of hydrogen-bond donors (Lipinski definition) is 2. The number of nitrogens with zero attached hydrogens (tertiary/aromatic N) is 3. The van der Waals surface area contributed by atoms with Gasteiger partial charge in [0.1, 0.15) is 11.6 Å². The quantitative estimate of drug-likeness (QED) is 0.892. The largest absolute Gasteiger partial charge is 0.391 e. The van der Waals surface area contributed by atoms with Crippen LogP contribution in [-0.4, -0.2) is 47.4 Å². The fourth-order valence-corrected chi connectivity index (χ4v) is 3.84. The van der Waals surface area contributed by atoms with Crippen molar-refractivity contribution < 1.29 is 5.11 Å². The summed E-state index contributed by atoms with van der Waals surface area (Å²) >= 11 is 0. The van der Waals surface area contributed by atoms with Gasteiger partial charge in [0.2, 0.25) is 0 Å². The predicted molar refractivity (Wildman–Crippen MR) is 99.0 cm³/mol. The molecule has 3 heterocycles. The highest BCUT2D eigenvalue weighted by molar-refractivity contribution is 5.51. The van der Waals surface area contributed by atoms with Gasteiger partial charge in [-0.2, -0.15) is 0 Å². The Morgan fingerprint density at radius 1 is 1.12 bits per heavy atom. The van der Waals surface area contributed by atoms with Gasteiger partial charge in [-0.25, -0.2) is 9.97 Å². The molecule has 1 saturated heterocycles. The first-order chi connectivity index (χ1) is 12.3. The predicted octanol–water partition coefficient (Wildman–Crippen LogP) is 1.72. The van der Waals surface area contributed by atoms with Crippen molar-refractivity contribution in [3.63, 3.8) is 0 Å². The molecule has 0 spiro atoms. The molecule has 0 radical (unpaired) electrons. The minimum Gasteiger partial charge on any atom is -0.391 e. The van der Waals surface area contributed by atoms with E-state index >= 15 is 0 Å². The van der Waals surface area contributed by atoms with Gasteiger partial charge >= 0.3 is 0 Å². The molecule has 1 aromatic carbocycles. The van der Waals surface area contributed by atoms with E-state index in [4.69, 9.17) is 9.97 Å². The molecular weight excluding hydrogens is 312 g/mol. The van der Waals surface area contributed by atoms with Crippen LogP contribution in [0.1, 0.15) is 35.5 Å². The minimum absolute atomic E-state index is 0.249. The fourth-order valence-electron chi connectivity index (χ4n) is 3.84. The topological polar surface area (TPSA) is 61.3 Å². The Kier molecular flexibility index (Phi) is 4.95. The number of aliphatic hydroxyl groups excluding tert-OH is 1. The third kappa shape index (κ3) is 3.83. The van der Waals surface area contributed by atoms with Crippen molar-refractivity contribution in [2.45, 2.75) is 38.2 Å². The van der Waals surface area contributed by atoms with E-state index in [-0.39, 0.29) is 6.10 Å². The van der Waals surface area contributed by atoms with E-state index in [0.717, 1.165) is 63.4 Å². The molecule has 25 heavy (non-hydrogen) atoms. The first-order valence-corrected chi connectivity index (χ1v) is 9.36. The van der Waals surface area contributed by atoms with Crippen molar-refractivity contribution in [2.24, 2.45) is 0 Å². The lowest BCUT2D eigenvalue weighted by Crippen LogP contribution is -2.39. The molecule has 2 aromatic rings. The average molecular weight is 338 g/mol. The van der Waals surface area contributed by atoms with Crippen LogP contribution in [0.2, 0.25) is 0 Å². The van der Waals surface area contributed by atoms with Crippen LogP contribution in [0.5, 0.6) is 0 Å². The summed E-state index contributed by atoms with van der Waals surface area (Å²) < 4.78 is 0. The second kappa shape index (κ2) is 7.50. The maximum absolute atomic E-state index is 10.1. The molecule has 2 aliphatic rings. The Morgan fingerprint density at radius 2 is 1.96 bits per heavy atom. The highest BCUT2D eigenvalue weighted by Crippen LogP contribution is 2.27. The number of nitrogens with one attached hydrogen (secondary N) is 1. The van der Waals surface area contributed by atoms with Gasteiger partial charge in [-0.15, -0.1) is 0 Å². The molecule has 0 bridgehead atoms. The summed E-state index contributed by atoms with van der Waals surface area (Å²) in [6.07, 6.45) is 4.33. The van der Waals surface area contributed by atoms with Gasteiger partial charge in [-0.3, -0.25) is 0 Å². The first-order valence-electron chi connectivity index (χ1n) is 9.36. The van der Waals surface area contributed by atoms with E-state index in [2.05, 4.69) is 34.5 Å². The highest BCUT2D eigenvalue weighted by atomic mass is 16.3. The summed E-state index contributed by atoms with van der Waals surface area (Å²) in [7, 11) is 0. The molecule has 1 fully saturated rings. The van der Waals surface area contributed by atoms with E-state index in [9.17, 15) is 5.11 Å². The first kappa shape index (κ1) is 16.5. The molecular formula is C20H26N4O. The van der Waals surface area contributed by atoms with Crippen LogP contribution in [0.15, 0.2) is 30.3 Å². The van der Waals surface area contributed by atoms with Crippen LogP contribution < -0.4 is 10.2 Å². The van der Waals surface area contributed by atoms with Crippen LogP contribution in [0.4, 0.5) is 5.82 Å². The van der Waals surface area contributed by atoms with Gasteiger partial charge in [0.25, 0.3) is 0 Å². The maximum atomic E-state index is 10.1. The Hall–Kier alpha value is -1.98. The molecule has 2 N–H and O–H groups in total. The van der Waals surface area contributed by atoms with Crippen LogP contribution in [0.3, 0.4) is 0 Å².